The van der Waals surface area contributed by atoms with E-state index in [1.165, 1.54) is 10.8 Å². The zero-order chi connectivity index (χ0) is 10.7. The number of hydrogen-bond donors (Lipinski definition) is 1. The van der Waals surface area contributed by atoms with Crippen molar-refractivity contribution < 1.29 is 0 Å². The zero-order valence-corrected chi connectivity index (χ0v) is 9.43. The number of halogens is 1. The van der Waals surface area contributed by atoms with Gasteiger partial charge in [0.2, 0.25) is 0 Å². The molecule has 1 aromatic rings. The number of nitrogens with one attached hydrogen (secondary N) is 1. The van der Waals surface area contributed by atoms with E-state index < -0.39 is 5.56 Å². The van der Waals surface area contributed by atoms with E-state index in [2.05, 4.69) is 27.5 Å². The first-order chi connectivity index (χ1) is 6.50. The molecule has 0 atom stereocenters. The summed E-state index contributed by atoms with van der Waals surface area (Å²) < 4.78 is 1.80. The zero-order valence-electron chi connectivity index (χ0n) is 7.84. The van der Waals surface area contributed by atoms with E-state index in [0.29, 0.717) is 11.0 Å². The number of nitrogens with zero attached hydrogens (tertiary/aromatic N) is 1. The van der Waals surface area contributed by atoms with Crippen molar-refractivity contribution in [2.75, 3.05) is 0 Å². The molecule has 1 N–H and O–H groups in total. The lowest BCUT2D eigenvalue weighted by Crippen LogP contribution is -2.29. The Morgan fingerprint density at radius 2 is 2.29 bits per heavy atom. The lowest BCUT2D eigenvalue weighted by Gasteiger charge is -2.04. The van der Waals surface area contributed by atoms with E-state index in [4.69, 9.17) is 0 Å². The summed E-state index contributed by atoms with van der Waals surface area (Å²) in [6.07, 6.45) is 2.21. The third-order valence-corrected chi connectivity index (χ3v) is 2.31. The number of hydrogen-bond acceptors (Lipinski definition) is 2. The van der Waals surface area contributed by atoms with Crippen LogP contribution in [0.2, 0.25) is 0 Å². The van der Waals surface area contributed by atoms with Gasteiger partial charge in [-0.3, -0.25) is 14.3 Å². The number of aromatic amines is 1. The molecule has 0 radical (unpaired) electrons. The summed E-state index contributed by atoms with van der Waals surface area (Å²) in [5, 5.41) is 0. The second-order valence-corrected chi connectivity index (χ2v) is 3.99. The molecule has 0 unspecified atom stereocenters. The van der Waals surface area contributed by atoms with E-state index in [9.17, 15) is 9.59 Å². The fourth-order valence-corrected chi connectivity index (χ4v) is 1.31. The molecule has 0 aliphatic carbocycles. The van der Waals surface area contributed by atoms with Crippen molar-refractivity contribution in [2.24, 2.45) is 0 Å². The minimum absolute atomic E-state index is 0.360. The minimum atomic E-state index is -0.401. The van der Waals surface area contributed by atoms with Crippen molar-refractivity contribution >= 4 is 15.9 Å². The van der Waals surface area contributed by atoms with Crippen molar-refractivity contribution in [3.63, 3.8) is 0 Å². The molecule has 1 heterocycles. The molecule has 1 rings (SSSR count). The summed E-state index contributed by atoms with van der Waals surface area (Å²) in [5.41, 5.74) is 0.209. The number of aryl methyl sites for hydroxylation is 1. The topological polar surface area (TPSA) is 54.9 Å². The average molecular weight is 259 g/mol. The van der Waals surface area contributed by atoms with Gasteiger partial charge < -0.3 is 0 Å². The van der Waals surface area contributed by atoms with Gasteiger partial charge in [-0.05, 0) is 29.3 Å². The molecule has 0 saturated carbocycles. The summed E-state index contributed by atoms with van der Waals surface area (Å²) in [4.78, 5) is 24.5. The molecule has 0 saturated heterocycles. The molecule has 1 aromatic heterocycles. The van der Waals surface area contributed by atoms with Crippen LogP contribution in [0.5, 0.6) is 0 Å². The molecule has 4 nitrogen and oxygen atoms in total. The number of allylic oxidation sites excluding steroid dienone is 1. The van der Waals surface area contributed by atoms with Gasteiger partial charge in [0.1, 0.15) is 0 Å². The Hall–Kier alpha value is -1.10. The predicted octanol–water partition coefficient (Wildman–Crippen LogP) is 1.27. The van der Waals surface area contributed by atoms with E-state index in [1.54, 1.807) is 0 Å². The van der Waals surface area contributed by atoms with Gasteiger partial charge in [-0.2, -0.15) is 0 Å². The molecule has 0 bridgehead atoms. The standard InChI is InChI=1S/C9H11BrN2O2/c1-6(2)3-4-12-5-7(10)8(13)11-9(12)14/h5H,1,3-4H2,2H3,(H,11,13,14). The normalized spacial score (nSPS) is 10.1. The van der Waals surface area contributed by atoms with Gasteiger partial charge in [0, 0.05) is 12.7 Å². The van der Waals surface area contributed by atoms with Crippen LogP contribution in [0.25, 0.3) is 0 Å². The monoisotopic (exact) mass is 258 g/mol. The Balaban J connectivity index is 2.99. The van der Waals surface area contributed by atoms with Gasteiger partial charge in [0.15, 0.2) is 0 Å². The Labute approximate surface area is 89.4 Å². The maximum atomic E-state index is 11.3. The molecule has 0 fully saturated rings. The molecule has 76 valence electrons. The fourth-order valence-electron chi connectivity index (χ4n) is 0.960. The molecular formula is C9H11BrN2O2. The van der Waals surface area contributed by atoms with Crippen LogP contribution in [0.3, 0.4) is 0 Å². The quantitative estimate of drug-likeness (QED) is 0.831. The molecule has 0 aliphatic rings. The van der Waals surface area contributed by atoms with Crippen LogP contribution in [-0.4, -0.2) is 9.55 Å². The predicted molar refractivity (Wildman–Crippen MR) is 58.5 cm³/mol. The number of rotatable bonds is 3. The van der Waals surface area contributed by atoms with E-state index in [1.807, 2.05) is 6.92 Å². The number of H-pyrrole nitrogens is 1. The van der Waals surface area contributed by atoms with Gasteiger partial charge in [-0.1, -0.05) is 5.57 Å². The van der Waals surface area contributed by atoms with Crippen molar-refractivity contribution in [1.29, 1.82) is 0 Å². The van der Waals surface area contributed by atoms with Crippen molar-refractivity contribution in [1.82, 2.24) is 9.55 Å². The lowest BCUT2D eigenvalue weighted by molar-refractivity contribution is 0.640. The first kappa shape index (κ1) is 11.0. The third-order valence-electron chi connectivity index (χ3n) is 1.75. The van der Waals surface area contributed by atoms with E-state index >= 15 is 0 Å². The van der Waals surface area contributed by atoms with Crippen LogP contribution < -0.4 is 11.2 Å². The summed E-state index contributed by atoms with van der Waals surface area (Å²) >= 11 is 3.06. The fraction of sp³-hybridized carbons (Fsp3) is 0.333. The first-order valence-corrected chi connectivity index (χ1v) is 4.93. The van der Waals surface area contributed by atoms with Gasteiger partial charge in [-0.25, -0.2) is 4.79 Å². The third kappa shape index (κ3) is 2.70. The smallest absolute Gasteiger partial charge is 0.299 e. The summed E-state index contributed by atoms with van der Waals surface area (Å²) in [7, 11) is 0. The SMILES string of the molecule is C=C(C)CCn1cc(Br)c(=O)[nH]c1=O. The highest BCUT2D eigenvalue weighted by Crippen LogP contribution is 2.01. The maximum Gasteiger partial charge on any atom is 0.328 e. The molecule has 0 aromatic carbocycles. The largest absolute Gasteiger partial charge is 0.328 e. The summed E-state index contributed by atoms with van der Waals surface area (Å²) in [5.74, 6) is 0. The Kier molecular flexibility index (Phi) is 3.46. The van der Waals surface area contributed by atoms with Gasteiger partial charge in [0.05, 0.1) is 4.47 Å². The van der Waals surface area contributed by atoms with Crippen molar-refractivity contribution in [3.05, 3.63) is 43.7 Å². The van der Waals surface area contributed by atoms with Crippen LogP contribution >= 0.6 is 15.9 Å². The first-order valence-electron chi connectivity index (χ1n) is 4.14. The van der Waals surface area contributed by atoms with Crippen LogP contribution in [0, 0.1) is 0 Å². The lowest BCUT2D eigenvalue weighted by atomic mass is 10.2. The van der Waals surface area contributed by atoms with Crippen LogP contribution in [-0.2, 0) is 6.54 Å². The van der Waals surface area contributed by atoms with E-state index in [0.717, 1.165) is 12.0 Å². The molecule has 14 heavy (non-hydrogen) atoms. The van der Waals surface area contributed by atoms with Gasteiger partial charge in [0.25, 0.3) is 5.56 Å². The van der Waals surface area contributed by atoms with Crippen molar-refractivity contribution in [2.45, 2.75) is 19.9 Å². The van der Waals surface area contributed by atoms with Gasteiger partial charge >= 0.3 is 5.69 Å². The summed E-state index contributed by atoms with van der Waals surface area (Å²) in [6.45, 7) is 6.17. The van der Waals surface area contributed by atoms with Crippen LogP contribution in [0.1, 0.15) is 13.3 Å². The molecule has 0 aliphatic heterocycles. The number of aromatic nitrogens is 2. The van der Waals surface area contributed by atoms with Crippen LogP contribution in [0.15, 0.2) is 32.4 Å². The molecular weight excluding hydrogens is 248 g/mol. The average Bonchev–Trinajstić information content (AvgIpc) is 2.09. The second-order valence-electron chi connectivity index (χ2n) is 3.14. The van der Waals surface area contributed by atoms with Crippen molar-refractivity contribution in [3.8, 4) is 0 Å². The van der Waals surface area contributed by atoms with E-state index in [-0.39, 0.29) is 5.69 Å². The highest BCUT2D eigenvalue weighted by atomic mass is 79.9. The minimum Gasteiger partial charge on any atom is -0.299 e. The highest BCUT2D eigenvalue weighted by Gasteiger charge is 2.01. The van der Waals surface area contributed by atoms with Gasteiger partial charge in [-0.15, -0.1) is 6.58 Å². The molecule has 0 amide bonds. The Morgan fingerprint density at radius 1 is 1.64 bits per heavy atom. The summed E-state index contributed by atoms with van der Waals surface area (Å²) in [6, 6.07) is 0. The maximum absolute atomic E-state index is 11.3. The molecule has 0 spiro atoms. The second kappa shape index (κ2) is 4.41. The van der Waals surface area contributed by atoms with Crippen LogP contribution in [0.4, 0.5) is 0 Å². The molecule has 5 heteroatoms. The highest BCUT2D eigenvalue weighted by molar-refractivity contribution is 9.10. The Morgan fingerprint density at radius 3 is 2.86 bits per heavy atom. The Bertz CT molecular complexity index is 459.